The summed E-state index contributed by atoms with van der Waals surface area (Å²) in [6.45, 7) is 0.862. The Kier molecular flexibility index (Phi) is 2.51. The molecular weight excluding hydrogens is 198 g/mol. The Labute approximate surface area is 85.5 Å². The zero-order chi connectivity index (χ0) is 10.8. The van der Waals surface area contributed by atoms with E-state index >= 15 is 0 Å². The van der Waals surface area contributed by atoms with Crippen LogP contribution in [0.25, 0.3) is 0 Å². The quantitative estimate of drug-likeness (QED) is 0.619. The predicted molar refractivity (Wildman–Crippen MR) is 51.4 cm³/mol. The highest BCUT2D eigenvalue weighted by atomic mass is 16.3. The predicted octanol–water partition coefficient (Wildman–Crippen LogP) is -1.02. The van der Waals surface area contributed by atoms with Crippen LogP contribution >= 0.6 is 0 Å². The first-order valence-electron chi connectivity index (χ1n) is 4.70. The number of rotatable bonds is 1. The molecule has 1 aromatic heterocycles. The molecule has 1 fully saturated rings. The van der Waals surface area contributed by atoms with Gasteiger partial charge in [0.15, 0.2) is 0 Å². The molecule has 0 radical (unpaired) electrons. The summed E-state index contributed by atoms with van der Waals surface area (Å²) >= 11 is 0. The van der Waals surface area contributed by atoms with Crippen LogP contribution in [-0.2, 0) is 0 Å². The fourth-order valence-electron chi connectivity index (χ4n) is 1.55. The Balaban J connectivity index is 2.14. The summed E-state index contributed by atoms with van der Waals surface area (Å²) in [6, 6.07) is 2.64. The Morgan fingerprint density at radius 1 is 1.60 bits per heavy atom. The molecule has 0 aliphatic carbocycles. The Bertz CT molecular complexity index is 408. The molecule has 1 atom stereocenters. The molecule has 2 rings (SSSR count). The molecule has 6 nitrogen and oxygen atoms in total. The molecule has 0 aromatic carbocycles. The number of aliphatic hydroxyl groups is 1. The van der Waals surface area contributed by atoms with Gasteiger partial charge in [-0.1, -0.05) is 0 Å². The van der Waals surface area contributed by atoms with Gasteiger partial charge >= 0.3 is 0 Å². The normalized spacial score (nSPS) is 20.6. The number of amides is 1. The van der Waals surface area contributed by atoms with Crippen LogP contribution in [0.1, 0.15) is 16.9 Å². The minimum absolute atomic E-state index is 0.198. The summed E-state index contributed by atoms with van der Waals surface area (Å²) in [5.74, 6) is -0.261. The largest absolute Gasteiger partial charge is 0.391 e. The average Bonchev–Trinajstić information content (AvgIpc) is 2.65. The topological polar surface area (TPSA) is 86.3 Å². The van der Waals surface area contributed by atoms with Crippen LogP contribution in [0, 0.1) is 0 Å². The molecule has 1 aliphatic heterocycles. The van der Waals surface area contributed by atoms with E-state index < -0.39 is 6.10 Å². The average molecular weight is 209 g/mol. The standard InChI is InChI=1S/C9H11N3O3/c13-6-3-4-12(5-6)9(15)7-1-2-8(14)11-10-7/h1-2,6,13H,3-5H2,(H,11,14)/t6-/m1/s1. The number of aromatic nitrogens is 2. The van der Waals surface area contributed by atoms with Gasteiger partial charge < -0.3 is 10.0 Å². The number of carbonyl (C=O) groups excluding carboxylic acids is 1. The molecule has 0 spiro atoms. The van der Waals surface area contributed by atoms with Crippen molar-refractivity contribution >= 4 is 5.91 Å². The lowest BCUT2D eigenvalue weighted by Crippen LogP contribution is -2.31. The van der Waals surface area contributed by atoms with Crippen molar-refractivity contribution in [2.24, 2.45) is 0 Å². The monoisotopic (exact) mass is 209 g/mol. The van der Waals surface area contributed by atoms with Crippen LogP contribution < -0.4 is 5.56 Å². The first-order valence-corrected chi connectivity index (χ1v) is 4.70. The maximum atomic E-state index is 11.7. The van der Waals surface area contributed by atoms with Crippen molar-refractivity contribution in [3.63, 3.8) is 0 Å². The van der Waals surface area contributed by atoms with Crippen molar-refractivity contribution in [2.45, 2.75) is 12.5 Å². The van der Waals surface area contributed by atoms with E-state index in [1.165, 1.54) is 17.0 Å². The molecule has 6 heteroatoms. The number of aliphatic hydroxyl groups excluding tert-OH is 1. The van der Waals surface area contributed by atoms with Crippen molar-refractivity contribution in [3.05, 3.63) is 28.2 Å². The van der Waals surface area contributed by atoms with Gasteiger partial charge in [-0.15, -0.1) is 0 Å². The van der Waals surface area contributed by atoms with Gasteiger partial charge in [0, 0.05) is 19.2 Å². The number of nitrogens with one attached hydrogen (secondary N) is 1. The smallest absolute Gasteiger partial charge is 0.274 e. The molecule has 2 heterocycles. The molecule has 1 amide bonds. The molecule has 0 bridgehead atoms. The SMILES string of the molecule is O=C(c1ccc(=O)[nH]n1)N1CC[C@@H](O)C1. The zero-order valence-electron chi connectivity index (χ0n) is 8.01. The van der Waals surface area contributed by atoms with Crippen molar-refractivity contribution in [3.8, 4) is 0 Å². The number of nitrogens with zero attached hydrogens (tertiary/aromatic N) is 2. The second kappa shape index (κ2) is 3.82. The van der Waals surface area contributed by atoms with Crippen LogP contribution in [0.4, 0.5) is 0 Å². The van der Waals surface area contributed by atoms with Crippen LogP contribution in [0.15, 0.2) is 16.9 Å². The van der Waals surface area contributed by atoms with Gasteiger partial charge in [-0.2, -0.15) is 5.10 Å². The van der Waals surface area contributed by atoms with E-state index in [-0.39, 0.29) is 17.2 Å². The number of carbonyl (C=O) groups is 1. The summed E-state index contributed by atoms with van der Waals surface area (Å²) in [6.07, 6.45) is 0.145. The Morgan fingerprint density at radius 2 is 2.40 bits per heavy atom. The van der Waals surface area contributed by atoms with Gasteiger partial charge in [-0.05, 0) is 12.5 Å². The fraction of sp³-hybridized carbons (Fsp3) is 0.444. The summed E-state index contributed by atoms with van der Waals surface area (Å²) < 4.78 is 0. The van der Waals surface area contributed by atoms with Crippen molar-refractivity contribution in [2.75, 3.05) is 13.1 Å². The van der Waals surface area contributed by atoms with Gasteiger partial charge in [0.2, 0.25) is 0 Å². The van der Waals surface area contributed by atoms with Crippen LogP contribution in [0.2, 0.25) is 0 Å². The van der Waals surface area contributed by atoms with E-state index in [9.17, 15) is 14.7 Å². The van der Waals surface area contributed by atoms with Crippen LogP contribution in [-0.4, -0.2) is 45.3 Å². The minimum Gasteiger partial charge on any atom is -0.391 e. The highest BCUT2D eigenvalue weighted by Gasteiger charge is 2.26. The highest BCUT2D eigenvalue weighted by molar-refractivity contribution is 5.92. The van der Waals surface area contributed by atoms with Gasteiger partial charge in [-0.3, -0.25) is 9.59 Å². The first kappa shape index (κ1) is 9.85. The van der Waals surface area contributed by atoms with Crippen molar-refractivity contribution in [1.29, 1.82) is 0 Å². The molecule has 2 N–H and O–H groups in total. The van der Waals surface area contributed by atoms with E-state index in [0.29, 0.717) is 19.5 Å². The van der Waals surface area contributed by atoms with E-state index in [0.717, 1.165) is 0 Å². The second-order valence-corrected chi connectivity index (χ2v) is 3.50. The van der Waals surface area contributed by atoms with E-state index in [1.807, 2.05) is 0 Å². The summed E-state index contributed by atoms with van der Waals surface area (Å²) in [4.78, 5) is 24.0. The van der Waals surface area contributed by atoms with Crippen molar-refractivity contribution < 1.29 is 9.90 Å². The Hall–Kier alpha value is -1.69. The van der Waals surface area contributed by atoms with Crippen LogP contribution in [0.3, 0.4) is 0 Å². The van der Waals surface area contributed by atoms with Crippen molar-refractivity contribution in [1.82, 2.24) is 15.1 Å². The third-order valence-electron chi connectivity index (χ3n) is 2.35. The fourth-order valence-corrected chi connectivity index (χ4v) is 1.55. The van der Waals surface area contributed by atoms with Gasteiger partial charge in [0.05, 0.1) is 6.10 Å². The number of aromatic amines is 1. The summed E-state index contributed by atoms with van der Waals surface area (Å²) in [5.41, 5.74) is -0.142. The third-order valence-corrected chi connectivity index (χ3v) is 2.35. The molecule has 0 saturated carbocycles. The molecule has 0 unspecified atom stereocenters. The lowest BCUT2D eigenvalue weighted by molar-refractivity contribution is 0.0758. The molecule has 1 aliphatic rings. The molecule has 1 saturated heterocycles. The van der Waals surface area contributed by atoms with E-state index in [4.69, 9.17) is 0 Å². The summed E-state index contributed by atoms with van der Waals surface area (Å²) in [5, 5.41) is 15.1. The van der Waals surface area contributed by atoms with Crippen LogP contribution in [0.5, 0.6) is 0 Å². The zero-order valence-corrected chi connectivity index (χ0v) is 8.01. The summed E-state index contributed by atoms with van der Waals surface area (Å²) in [7, 11) is 0. The second-order valence-electron chi connectivity index (χ2n) is 3.50. The number of hydrogen-bond acceptors (Lipinski definition) is 4. The first-order chi connectivity index (χ1) is 7.16. The number of hydrogen-bond donors (Lipinski definition) is 2. The number of likely N-dealkylation sites (tertiary alicyclic amines) is 1. The maximum Gasteiger partial charge on any atom is 0.274 e. The Morgan fingerprint density at radius 3 is 2.93 bits per heavy atom. The van der Waals surface area contributed by atoms with E-state index in [1.54, 1.807) is 0 Å². The molecule has 80 valence electrons. The van der Waals surface area contributed by atoms with E-state index in [2.05, 4.69) is 10.2 Å². The lowest BCUT2D eigenvalue weighted by Gasteiger charge is -2.13. The molecule has 1 aromatic rings. The van der Waals surface area contributed by atoms with Gasteiger partial charge in [0.1, 0.15) is 5.69 Å². The number of β-amino-alcohol motifs (C(OH)–C–C–N with tert-alkyl or cyclic N) is 1. The minimum atomic E-state index is -0.447. The van der Waals surface area contributed by atoms with Gasteiger partial charge in [-0.25, -0.2) is 5.10 Å². The number of H-pyrrole nitrogens is 1. The molecule has 15 heavy (non-hydrogen) atoms. The van der Waals surface area contributed by atoms with Gasteiger partial charge in [0.25, 0.3) is 11.5 Å². The molecular formula is C9H11N3O3. The highest BCUT2D eigenvalue weighted by Crippen LogP contribution is 2.11. The lowest BCUT2D eigenvalue weighted by atomic mass is 10.3. The third kappa shape index (κ3) is 2.04. The maximum absolute atomic E-state index is 11.7.